The maximum atomic E-state index is 12.0. The summed E-state index contributed by atoms with van der Waals surface area (Å²) in [7, 11) is 1.66. The normalized spacial score (nSPS) is 14.2. The monoisotopic (exact) mass is 259 g/mol. The van der Waals surface area contributed by atoms with Crippen LogP contribution in [0.15, 0.2) is 0 Å². The molecule has 0 radical (unpaired) electrons. The molecular weight excluding hydrogens is 230 g/mol. The number of ether oxygens (including phenoxy) is 2. The second kappa shape index (κ2) is 10.3. The molecule has 1 N–H and O–H groups in total. The summed E-state index contributed by atoms with van der Waals surface area (Å²) in [5, 5.41) is 3.26. The number of methoxy groups -OCH3 is 1. The molecular formula is C14H29NO3. The minimum atomic E-state index is -0.581. The highest BCUT2D eigenvalue weighted by molar-refractivity contribution is 5.80. The van der Waals surface area contributed by atoms with Crippen LogP contribution in [-0.4, -0.2) is 38.4 Å². The first-order valence-electron chi connectivity index (χ1n) is 7.02. The van der Waals surface area contributed by atoms with Crippen molar-refractivity contribution in [2.75, 3.05) is 26.9 Å². The second-order valence-corrected chi connectivity index (χ2v) is 4.78. The predicted octanol–water partition coefficient (Wildman–Crippen LogP) is 2.51. The van der Waals surface area contributed by atoms with Crippen molar-refractivity contribution >= 4 is 5.97 Å². The third kappa shape index (κ3) is 6.97. The van der Waals surface area contributed by atoms with E-state index in [1.807, 2.05) is 13.8 Å². The molecule has 0 aliphatic heterocycles. The summed E-state index contributed by atoms with van der Waals surface area (Å²) < 4.78 is 10.2. The summed E-state index contributed by atoms with van der Waals surface area (Å²) in [4.78, 5) is 12.0. The van der Waals surface area contributed by atoms with Crippen LogP contribution >= 0.6 is 0 Å². The average Bonchev–Trinajstić information content (AvgIpc) is 2.35. The Labute approximate surface area is 111 Å². The van der Waals surface area contributed by atoms with E-state index in [-0.39, 0.29) is 5.97 Å². The summed E-state index contributed by atoms with van der Waals surface area (Å²) in [6, 6.07) is 0. The number of esters is 1. The molecule has 108 valence electrons. The lowest BCUT2D eigenvalue weighted by molar-refractivity contribution is -0.151. The lowest BCUT2D eigenvalue weighted by Gasteiger charge is -2.28. The Hall–Kier alpha value is -0.610. The molecule has 0 aromatic rings. The van der Waals surface area contributed by atoms with Crippen LogP contribution in [0.5, 0.6) is 0 Å². The number of carbonyl (C=O) groups excluding carboxylic acids is 1. The molecule has 0 aromatic carbocycles. The van der Waals surface area contributed by atoms with Gasteiger partial charge in [-0.05, 0) is 20.3 Å². The first kappa shape index (κ1) is 17.4. The molecule has 0 bridgehead atoms. The number of carbonyl (C=O) groups is 1. The molecule has 0 saturated carbocycles. The van der Waals surface area contributed by atoms with Gasteiger partial charge in [0, 0.05) is 13.7 Å². The summed E-state index contributed by atoms with van der Waals surface area (Å²) in [5.41, 5.74) is -0.581. The highest BCUT2D eigenvalue weighted by atomic mass is 16.5. The van der Waals surface area contributed by atoms with Gasteiger partial charge in [0.2, 0.25) is 0 Å². The molecule has 1 atom stereocenters. The van der Waals surface area contributed by atoms with Gasteiger partial charge in [0.1, 0.15) is 5.54 Å². The molecule has 0 fully saturated rings. The number of hydrogen-bond acceptors (Lipinski definition) is 4. The van der Waals surface area contributed by atoms with Crippen LogP contribution in [0, 0.1) is 0 Å². The maximum Gasteiger partial charge on any atom is 0.326 e. The molecule has 0 aliphatic carbocycles. The zero-order valence-corrected chi connectivity index (χ0v) is 12.4. The van der Waals surface area contributed by atoms with E-state index in [0.29, 0.717) is 19.8 Å². The lowest BCUT2D eigenvalue weighted by atomic mass is 9.94. The van der Waals surface area contributed by atoms with E-state index in [0.717, 1.165) is 19.3 Å². The van der Waals surface area contributed by atoms with Crippen molar-refractivity contribution in [3.63, 3.8) is 0 Å². The largest absolute Gasteiger partial charge is 0.465 e. The zero-order chi connectivity index (χ0) is 13.9. The van der Waals surface area contributed by atoms with Crippen molar-refractivity contribution in [3.8, 4) is 0 Å². The number of unbranched alkanes of at least 4 members (excludes halogenated alkanes) is 3. The third-order valence-electron chi connectivity index (χ3n) is 3.08. The van der Waals surface area contributed by atoms with Gasteiger partial charge >= 0.3 is 5.97 Å². The SMILES string of the molecule is CCCCCCC(C)(NCCOC)C(=O)OCC. The fraction of sp³-hybridized carbons (Fsp3) is 0.929. The van der Waals surface area contributed by atoms with Gasteiger partial charge in [-0.3, -0.25) is 10.1 Å². The fourth-order valence-corrected chi connectivity index (χ4v) is 1.89. The molecule has 0 spiro atoms. The van der Waals surface area contributed by atoms with Crippen molar-refractivity contribution in [1.82, 2.24) is 5.32 Å². The van der Waals surface area contributed by atoms with Crippen LogP contribution in [0.4, 0.5) is 0 Å². The summed E-state index contributed by atoms with van der Waals surface area (Å²) >= 11 is 0. The average molecular weight is 259 g/mol. The smallest absolute Gasteiger partial charge is 0.326 e. The molecule has 4 heteroatoms. The quantitative estimate of drug-likeness (QED) is 0.457. The van der Waals surface area contributed by atoms with Gasteiger partial charge in [-0.2, -0.15) is 0 Å². The summed E-state index contributed by atoms with van der Waals surface area (Å²) in [6.07, 6.45) is 5.44. The van der Waals surface area contributed by atoms with E-state index in [9.17, 15) is 4.79 Å². The minimum Gasteiger partial charge on any atom is -0.465 e. The number of nitrogens with one attached hydrogen (secondary N) is 1. The first-order valence-corrected chi connectivity index (χ1v) is 7.02. The second-order valence-electron chi connectivity index (χ2n) is 4.78. The van der Waals surface area contributed by atoms with E-state index >= 15 is 0 Å². The van der Waals surface area contributed by atoms with Crippen LogP contribution in [-0.2, 0) is 14.3 Å². The standard InChI is InChI=1S/C14H29NO3/c1-5-7-8-9-10-14(3,13(16)18-6-2)15-11-12-17-4/h15H,5-12H2,1-4H3. The fourth-order valence-electron chi connectivity index (χ4n) is 1.89. The Morgan fingerprint density at radius 2 is 1.94 bits per heavy atom. The molecule has 0 saturated heterocycles. The molecule has 18 heavy (non-hydrogen) atoms. The number of rotatable bonds is 11. The highest BCUT2D eigenvalue weighted by Gasteiger charge is 2.33. The van der Waals surface area contributed by atoms with E-state index in [1.54, 1.807) is 7.11 Å². The van der Waals surface area contributed by atoms with Crippen LogP contribution in [0.1, 0.15) is 52.9 Å². The Kier molecular flexibility index (Phi) is 9.98. The first-order chi connectivity index (χ1) is 8.60. The van der Waals surface area contributed by atoms with E-state index in [4.69, 9.17) is 9.47 Å². The molecule has 0 aromatic heterocycles. The van der Waals surface area contributed by atoms with Crippen molar-refractivity contribution in [1.29, 1.82) is 0 Å². The zero-order valence-electron chi connectivity index (χ0n) is 12.4. The van der Waals surface area contributed by atoms with Crippen molar-refractivity contribution < 1.29 is 14.3 Å². The summed E-state index contributed by atoms with van der Waals surface area (Å²) in [6.45, 7) is 7.64. The van der Waals surface area contributed by atoms with Crippen LogP contribution < -0.4 is 5.32 Å². The van der Waals surface area contributed by atoms with E-state index in [2.05, 4.69) is 12.2 Å². The van der Waals surface area contributed by atoms with Gasteiger partial charge in [-0.15, -0.1) is 0 Å². The van der Waals surface area contributed by atoms with Crippen LogP contribution in [0.2, 0.25) is 0 Å². The van der Waals surface area contributed by atoms with Gasteiger partial charge in [0.15, 0.2) is 0 Å². The third-order valence-corrected chi connectivity index (χ3v) is 3.08. The van der Waals surface area contributed by atoms with Gasteiger partial charge in [-0.25, -0.2) is 0 Å². The molecule has 0 amide bonds. The Morgan fingerprint density at radius 1 is 1.22 bits per heavy atom. The predicted molar refractivity (Wildman–Crippen MR) is 73.7 cm³/mol. The molecule has 0 heterocycles. The number of hydrogen-bond donors (Lipinski definition) is 1. The van der Waals surface area contributed by atoms with Crippen molar-refractivity contribution in [2.45, 2.75) is 58.4 Å². The highest BCUT2D eigenvalue weighted by Crippen LogP contribution is 2.17. The molecule has 0 aliphatic rings. The Balaban J connectivity index is 4.24. The van der Waals surface area contributed by atoms with Gasteiger partial charge in [-0.1, -0.05) is 32.6 Å². The van der Waals surface area contributed by atoms with E-state index in [1.165, 1.54) is 12.8 Å². The van der Waals surface area contributed by atoms with Crippen LogP contribution in [0.3, 0.4) is 0 Å². The lowest BCUT2D eigenvalue weighted by Crippen LogP contribution is -2.51. The molecule has 1 unspecified atom stereocenters. The molecule has 4 nitrogen and oxygen atoms in total. The Morgan fingerprint density at radius 3 is 2.50 bits per heavy atom. The molecule has 0 rings (SSSR count). The topological polar surface area (TPSA) is 47.6 Å². The van der Waals surface area contributed by atoms with Gasteiger partial charge < -0.3 is 9.47 Å². The van der Waals surface area contributed by atoms with E-state index < -0.39 is 5.54 Å². The van der Waals surface area contributed by atoms with Gasteiger partial charge in [0.25, 0.3) is 0 Å². The summed E-state index contributed by atoms with van der Waals surface area (Å²) in [5.74, 6) is -0.155. The van der Waals surface area contributed by atoms with Crippen molar-refractivity contribution in [2.24, 2.45) is 0 Å². The maximum absolute atomic E-state index is 12.0. The van der Waals surface area contributed by atoms with Crippen LogP contribution in [0.25, 0.3) is 0 Å². The minimum absolute atomic E-state index is 0.155. The van der Waals surface area contributed by atoms with Gasteiger partial charge in [0.05, 0.1) is 13.2 Å². The van der Waals surface area contributed by atoms with Crippen molar-refractivity contribution in [3.05, 3.63) is 0 Å². The Bertz CT molecular complexity index is 221.